The summed E-state index contributed by atoms with van der Waals surface area (Å²) in [6.45, 7) is 5.42. The molecule has 1 atom stereocenters. The summed E-state index contributed by atoms with van der Waals surface area (Å²) in [5, 5.41) is 6.24. The molecular weight excluding hydrogens is 337 g/mol. The number of nitrogens with zero attached hydrogens (tertiary/aromatic N) is 1. The predicted octanol–water partition coefficient (Wildman–Crippen LogP) is 2.05. The van der Waals surface area contributed by atoms with Crippen molar-refractivity contribution in [3.8, 4) is 0 Å². The molecule has 2 N–H and O–H groups in total. The van der Waals surface area contributed by atoms with E-state index in [1.807, 2.05) is 12.1 Å². The first-order valence-electron chi connectivity index (χ1n) is 7.74. The molecule has 0 aliphatic carbocycles. The van der Waals surface area contributed by atoms with Crippen molar-refractivity contribution in [2.45, 2.75) is 25.4 Å². The SMILES string of the molecule is Cl.Cl.O=C(Nc1cccc(CN2CCOCC2)c1)C1CCCN1. The zero-order chi connectivity index (χ0) is 14.5. The van der Waals surface area contributed by atoms with Gasteiger partial charge in [0.05, 0.1) is 19.3 Å². The van der Waals surface area contributed by atoms with Crippen LogP contribution in [-0.2, 0) is 16.1 Å². The lowest BCUT2D eigenvalue weighted by molar-refractivity contribution is -0.117. The second kappa shape index (κ2) is 10.1. The number of benzene rings is 1. The molecule has 2 saturated heterocycles. The van der Waals surface area contributed by atoms with Crippen LogP contribution in [0.25, 0.3) is 0 Å². The van der Waals surface area contributed by atoms with Crippen molar-refractivity contribution in [1.82, 2.24) is 10.2 Å². The van der Waals surface area contributed by atoms with E-state index in [4.69, 9.17) is 4.74 Å². The summed E-state index contributed by atoms with van der Waals surface area (Å²) < 4.78 is 5.37. The minimum Gasteiger partial charge on any atom is -0.379 e. The summed E-state index contributed by atoms with van der Waals surface area (Å²) in [5.74, 6) is 0.0797. The van der Waals surface area contributed by atoms with Crippen LogP contribution in [0.5, 0.6) is 0 Å². The zero-order valence-corrected chi connectivity index (χ0v) is 14.8. The molecule has 1 aromatic carbocycles. The van der Waals surface area contributed by atoms with Crippen molar-refractivity contribution >= 4 is 36.4 Å². The Balaban J connectivity index is 0.00000132. The fourth-order valence-corrected chi connectivity index (χ4v) is 2.90. The average molecular weight is 362 g/mol. The van der Waals surface area contributed by atoms with Crippen LogP contribution >= 0.6 is 24.8 Å². The number of amides is 1. The van der Waals surface area contributed by atoms with Gasteiger partial charge < -0.3 is 15.4 Å². The van der Waals surface area contributed by atoms with Gasteiger partial charge in [0.2, 0.25) is 5.91 Å². The van der Waals surface area contributed by atoms with E-state index in [0.717, 1.165) is 57.9 Å². The maximum atomic E-state index is 12.1. The summed E-state index contributed by atoms with van der Waals surface area (Å²) in [7, 11) is 0. The van der Waals surface area contributed by atoms with Gasteiger partial charge in [0.15, 0.2) is 0 Å². The Morgan fingerprint density at radius 1 is 1.30 bits per heavy atom. The van der Waals surface area contributed by atoms with Crippen LogP contribution in [0.1, 0.15) is 18.4 Å². The minimum atomic E-state index is -0.0344. The molecule has 2 heterocycles. The van der Waals surface area contributed by atoms with Crippen LogP contribution in [0.15, 0.2) is 24.3 Å². The first-order chi connectivity index (χ1) is 10.3. The average Bonchev–Trinajstić information content (AvgIpc) is 3.03. The van der Waals surface area contributed by atoms with Crippen LogP contribution in [0, 0.1) is 0 Å². The van der Waals surface area contributed by atoms with Crippen molar-refractivity contribution in [2.24, 2.45) is 0 Å². The summed E-state index contributed by atoms with van der Waals surface area (Å²) in [6, 6.07) is 8.11. The van der Waals surface area contributed by atoms with Gasteiger partial charge in [0, 0.05) is 25.3 Å². The first kappa shape index (κ1) is 20.2. The van der Waals surface area contributed by atoms with Gasteiger partial charge >= 0.3 is 0 Å². The van der Waals surface area contributed by atoms with E-state index in [-0.39, 0.29) is 36.8 Å². The van der Waals surface area contributed by atoms with E-state index in [2.05, 4.69) is 27.7 Å². The van der Waals surface area contributed by atoms with Crippen LogP contribution in [0.2, 0.25) is 0 Å². The number of nitrogens with one attached hydrogen (secondary N) is 2. The number of halogens is 2. The first-order valence-corrected chi connectivity index (χ1v) is 7.74. The second-order valence-corrected chi connectivity index (χ2v) is 5.73. The Hall–Kier alpha value is -0.850. The summed E-state index contributed by atoms with van der Waals surface area (Å²) in [4.78, 5) is 14.5. The summed E-state index contributed by atoms with van der Waals surface area (Å²) in [6.07, 6.45) is 2.01. The van der Waals surface area contributed by atoms with Crippen molar-refractivity contribution in [2.75, 3.05) is 38.2 Å². The van der Waals surface area contributed by atoms with Gasteiger partial charge in [0.1, 0.15) is 0 Å². The lowest BCUT2D eigenvalue weighted by atomic mass is 10.1. The third kappa shape index (κ3) is 5.94. The monoisotopic (exact) mass is 361 g/mol. The Morgan fingerprint density at radius 2 is 2.09 bits per heavy atom. The Bertz CT molecular complexity index is 490. The largest absolute Gasteiger partial charge is 0.379 e. The lowest BCUT2D eigenvalue weighted by Gasteiger charge is -2.26. The van der Waals surface area contributed by atoms with Crippen molar-refractivity contribution in [1.29, 1.82) is 0 Å². The van der Waals surface area contributed by atoms with Gasteiger partial charge in [-0.05, 0) is 37.1 Å². The highest BCUT2D eigenvalue weighted by molar-refractivity contribution is 5.95. The van der Waals surface area contributed by atoms with Crippen molar-refractivity contribution in [3.05, 3.63) is 29.8 Å². The third-order valence-corrected chi connectivity index (χ3v) is 4.08. The molecule has 3 rings (SSSR count). The quantitative estimate of drug-likeness (QED) is 0.861. The number of hydrogen-bond acceptors (Lipinski definition) is 4. The van der Waals surface area contributed by atoms with Crippen LogP contribution < -0.4 is 10.6 Å². The van der Waals surface area contributed by atoms with E-state index in [1.54, 1.807) is 0 Å². The molecule has 2 aliphatic heterocycles. The number of carbonyl (C=O) groups is 1. The third-order valence-electron chi connectivity index (χ3n) is 4.08. The molecule has 0 spiro atoms. The topological polar surface area (TPSA) is 53.6 Å². The number of rotatable bonds is 4. The standard InChI is InChI=1S/C16H23N3O2.2ClH/c20-16(15-5-2-6-17-15)18-14-4-1-3-13(11-14)12-19-7-9-21-10-8-19;;/h1,3-4,11,15,17H,2,5-10,12H2,(H,18,20);2*1H. The smallest absolute Gasteiger partial charge is 0.241 e. The molecule has 5 nitrogen and oxygen atoms in total. The van der Waals surface area contributed by atoms with Gasteiger partial charge in [-0.25, -0.2) is 0 Å². The molecular formula is C16H25Cl2N3O2. The van der Waals surface area contributed by atoms with E-state index >= 15 is 0 Å². The van der Waals surface area contributed by atoms with Crippen LogP contribution in [0.4, 0.5) is 5.69 Å². The van der Waals surface area contributed by atoms with Gasteiger partial charge in [-0.1, -0.05) is 12.1 Å². The highest BCUT2D eigenvalue weighted by Crippen LogP contribution is 2.15. The molecule has 1 amide bonds. The minimum absolute atomic E-state index is 0. The molecule has 0 aromatic heterocycles. The van der Waals surface area contributed by atoms with Crippen LogP contribution in [-0.4, -0.2) is 49.7 Å². The highest BCUT2D eigenvalue weighted by atomic mass is 35.5. The number of ether oxygens (including phenoxy) is 1. The van der Waals surface area contributed by atoms with Crippen molar-refractivity contribution in [3.63, 3.8) is 0 Å². The van der Waals surface area contributed by atoms with Gasteiger partial charge in [-0.3, -0.25) is 9.69 Å². The maximum absolute atomic E-state index is 12.1. The van der Waals surface area contributed by atoms with Gasteiger partial charge in [-0.15, -0.1) is 24.8 Å². The molecule has 0 bridgehead atoms. The molecule has 130 valence electrons. The van der Waals surface area contributed by atoms with E-state index in [1.165, 1.54) is 5.56 Å². The predicted molar refractivity (Wildman–Crippen MR) is 96.7 cm³/mol. The zero-order valence-electron chi connectivity index (χ0n) is 13.1. The second-order valence-electron chi connectivity index (χ2n) is 5.73. The molecule has 1 aromatic rings. The molecule has 0 saturated carbocycles. The van der Waals surface area contributed by atoms with E-state index in [0.29, 0.717) is 0 Å². The number of anilines is 1. The number of carbonyl (C=O) groups excluding carboxylic acids is 1. The Morgan fingerprint density at radius 3 is 2.78 bits per heavy atom. The normalized spacial score (nSPS) is 21.1. The molecule has 2 fully saturated rings. The fourth-order valence-electron chi connectivity index (χ4n) is 2.90. The fraction of sp³-hybridized carbons (Fsp3) is 0.562. The van der Waals surface area contributed by atoms with Crippen molar-refractivity contribution < 1.29 is 9.53 Å². The highest BCUT2D eigenvalue weighted by Gasteiger charge is 2.21. The molecule has 1 unspecified atom stereocenters. The molecule has 0 radical (unpaired) electrons. The molecule has 2 aliphatic rings. The van der Waals surface area contributed by atoms with E-state index in [9.17, 15) is 4.79 Å². The molecule has 7 heteroatoms. The number of morpholine rings is 1. The molecule has 23 heavy (non-hydrogen) atoms. The Kier molecular flexibility index (Phi) is 8.87. The summed E-state index contributed by atoms with van der Waals surface area (Å²) in [5.41, 5.74) is 2.12. The van der Waals surface area contributed by atoms with Crippen LogP contribution in [0.3, 0.4) is 0 Å². The van der Waals surface area contributed by atoms with Gasteiger partial charge in [0.25, 0.3) is 0 Å². The Labute approximate surface area is 150 Å². The summed E-state index contributed by atoms with van der Waals surface area (Å²) >= 11 is 0. The van der Waals surface area contributed by atoms with E-state index < -0.39 is 0 Å². The van der Waals surface area contributed by atoms with Gasteiger partial charge in [-0.2, -0.15) is 0 Å². The maximum Gasteiger partial charge on any atom is 0.241 e. The lowest BCUT2D eigenvalue weighted by Crippen LogP contribution is -2.36. The number of hydrogen-bond donors (Lipinski definition) is 2.